The highest BCUT2D eigenvalue weighted by Gasteiger charge is 2.33. The summed E-state index contributed by atoms with van der Waals surface area (Å²) in [5, 5.41) is 14.7. The molecule has 3 aromatic rings. The molecule has 2 aromatic heterocycles. The van der Waals surface area contributed by atoms with Gasteiger partial charge in [-0.05, 0) is 42.3 Å². The van der Waals surface area contributed by atoms with Crippen LogP contribution in [0, 0.1) is 0 Å². The van der Waals surface area contributed by atoms with Crippen LogP contribution in [0.25, 0.3) is 0 Å². The van der Waals surface area contributed by atoms with Crippen LogP contribution in [0.3, 0.4) is 0 Å². The van der Waals surface area contributed by atoms with E-state index in [0.29, 0.717) is 17.4 Å². The van der Waals surface area contributed by atoms with Crippen LogP contribution in [0.5, 0.6) is 0 Å². The summed E-state index contributed by atoms with van der Waals surface area (Å²) < 4.78 is 5.63. The van der Waals surface area contributed by atoms with Gasteiger partial charge in [-0.25, -0.2) is 4.79 Å². The second-order valence-electron chi connectivity index (χ2n) is 7.89. The number of carbonyl (C=O) groups is 4. The number of rotatable bonds is 12. The summed E-state index contributed by atoms with van der Waals surface area (Å²) in [6.45, 7) is 1.88. The van der Waals surface area contributed by atoms with Gasteiger partial charge in [0, 0.05) is 31.8 Å². The fourth-order valence-electron chi connectivity index (χ4n) is 3.51. The number of benzene rings is 1. The third-order valence-corrected chi connectivity index (χ3v) is 5.25. The number of carboxylic acid groups (broad SMARTS) is 1. The van der Waals surface area contributed by atoms with E-state index in [4.69, 9.17) is 4.74 Å². The Balaban J connectivity index is 1.70. The lowest BCUT2D eigenvalue weighted by molar-refractivity contribution is -0.139. The number of aliphatic carboxylic acids is 1. The largest absolute Gasteiger partial charge is 0.480 e. The Hall–Kier alpha value is -4.44. The van der Waals surface area contributed by atoms with E-state index in [1.165, 1.54) is 24.5 Å². The van der Waals surface area contributed by atoms with Gasteiger partial charge in [0.2, 0.25) is 5.72 Å². The van der Waals surface area contributed by atoms with Gasteiger partial charge in [0.05, 0.1) is 0 Å². The average Bonchev–Trinajstić information content (AvgIpc) is 2.90. The molecule has 0 aliphatic heterocycles. The number of carbonyl (C=O) groups excluding carboxylic acids is 3. The minimum atomic E-state index is -1.61. The maximum absolute atomic E-state index is 12.6. The van der Waals surface area contributed by atoms with E-state index in [2.05, 4.69) is 20.6 Å². The normalized spacial score (nSPS) is 13.1. The third kappa shape index (κ3) is 7.03. The molecule has 0 saturated heterocycles. The molecule has 36 heavy (non-hydrogen) atoms. The van der Waals surface area contributed by atoms with E-state index >= 15 is 0 Å². The minimum Gasteiger partial charge on any atom is -0.480 e. The number of nitrogens with zero attached hydrogens (tertiary/aromatic N) is 2. The van der Waals surface area contributed by atoms with Gasteiger partial charge in [-0.3, -0.25) is 24.4 Å². The second kappa shape index (κ2) is 12.3. The number of hydrogen-bond donors (Lipinski definition) is 3. The Kier molecular flexibility index (Phi) is 8.95. The summed E-state index contributed by atoms with van der Waals surface area (Å²) >= 11 is 0. The van der Waals surface area contributed by atoms with Crippen LogP contribution in [-0.4, -0.2) is 57.5 Å². The zero-order valence-electron chi connectivity index (χ0n) is 19.6. The molecule has 0 bridgehead atoms. The molecule has 10 heteroatoms. The highest BCUT2D eigenvalue weighted by Crippen LogP contribution is 2.17. The standard InChI is InChI=1S/C26H26N4O6/c1-2-36-26(17-31,30-24(33)21-8-4-6-14-28-21)16-19-11-9-18(10-12-19)15-22(25(34)35)29-23(32)20-7-3-5-13-27-20/h3-14,17,22H,2,15-16H2,1H3,(H,29,32)(H,30,33)(H,34,35)/t22-,26-/m1/s1. The fourth-order valence-corrected chi connectivity index (χ4v) is 3.51. The van der Waals surface area contributed by atoms with Gasteiger partial charge in [-0.2, -0.15) is 0 Å². The van der Waals surface area contributed by atoms with E-state index in [9.17, 15) is 24.3 Å². The average molecular weight is 491 g/mol. The van der Waals surface area contributed by atoms with Crippen LogP contribution in [0.4, 0.5) is 0 Å². The lowest BCUT2D eigenvalue weighted by Gasteiger charge is -2.29. The van der Waals surface area contributed by atoms with Crippen LogP contribution in [0.1, 0.15) is 39.0 Å². The predicted molar refractivity (Wildman–Crippen MR) is 129 cm³/mol. The Morgan fingerprint density at radius 2 is 1.53 bits per heavy atom. The van der Waals surface area contributed by atoms with Gasteiger partial charge < -0.3 is 20.5 Å². The number of carboxylic acids is 1. The maximum atomic E-state index is 12.6. The molecule has 186 valence electrons. The van der Waals surface area contributed by atoms with Crippen molar-refractivity contribution >= 4 is 24.1 Å². The zero-order valence-corrected chi connectivity index (χ0v) is 19.6. The van der Waals surface area contributed by atoms with E-state index < -0.39 is 29.6 Å². The molecule has 0 unspecified atom stereocenters. The molecule has 2 atom stereocenters. The summed E-state index contributed by atoms with van der Waals surface area (Å²) in [6, 6.07) is 15.3. The van der Waals surface area contributed by atoms with Crippen molar-refractivity contribution in [2.45, 2.75) is 31.5 Å². The van der Waals surface area contributed by atoms with Crippen molar-refractivity contribution in [2.75, 3.05) is 6.61 Å². The van der Waals surface area contributed by atoms with Crippen molar-refractivity contribution in [3.63, 3.8) is 0 Å². The van der Waals surface area contributed by atoms with Gasteiger partial charge in [-0.1, -0.05) is 36.4 Å². The fraction of sp³-hybridized carbons (Fsp3) is 0.231. The molecule has 0 radical (unpaired) electrons. The first-order valence-corrected chi connectivity index (χ1v) is 11.2. The lowest BCUT2D eigenvalue weighted by Crippen LogP contribution is -2.54. The molecule has 3 N–H and O–H groups in total. The summed E-state index contributed by atoms with van der Waals surface area (Å²) in [7, 11) is 0. The van der Waals surface area contributed by atoms with E-state index in [1.54, 1.807) is 55.5 Å². The highest BCUT2D eigenvalue weighted by molar-refractivity contribution is 5.95. The minimum absolute atomic E-state index is 0.0366. The van der Waals surface area contributed by atoms with E-state index in [-0.39, 0.29) is 30.8 Å². The molecule has 1 aromatic carbocycles. The molecule has 0 aliphatic rings. The first-order valence-electron chi connectivity index (χ1n) is 11.2. The topological polar surface area (TPSA) is 148 Å². The summed E-state index contributed by atoms with van der Waals surface area (Å²) in [5.41, 5.74) is -0.0205. The molecule has 10 nitrogen and oxygen atoms in total. The van der Waals surface area contributed by atoms with Gasteiger partial charge in [-0.15, -0.1) is 0 Å². The van der Waals surface area contributed by atoms with Crippen molar-refractivity contribution in [3.8, 4) is 0 Å². The lowest BCUT2D eigenvalue weighted by atomic mass is 9.99. The number of aromatic nitrogens is 2. The highest BCUT2D eigenvalue weighted by atomic mass is 16.5. The van der Waals surface area contributed by atoms with Gasteiger partial charge in [0.15, 0.2) is 6.29 Å². The molecule has 2 heterocycles. The van der Waals surface area contributed by atoms with Crippen molar-refractivity contribution in [3.05, 3.63) is 95.6 Å². The van der Waals surface area contributed by atoms with Crippen molar-refractivity contribution in [1.29, 1.82) is 0 Å². The number of nitrogens with one attached hydrogen (secondary N) is 2. The molecule has 2 amide bonds. The van der Waals surface area contributed by atoms with Crippen LogP contribution < -0.4 is 10.6 Å². The molecule has 0 saturated carbocycles. The third-order valence-electron chi connectivity index (χ3n) is 5.25. The quantitative estimate of drug-likeness (QED) is 0.257. The van der Waals surface area contributed by atoms with Gasteiger partial charge in [0.1, 0.15) is 17.4 Å². The molecular formula is C26H26N4O6. The molecule has 3 rings (SSSR count). The van der Waals surface area contributed by atoms with Crippen molar-refractivity contribution in [1.82, 2.24) is 20.6 Å². The number of hydrogen-bond acceptors (Lipinski definition) is 7. The van der Waals surface area contributed by atoms with Crippen LogP contribution in [-0.2, 0) is 27.2 Å². The summed E-state index contributed by atoms with van der Waals surface area (Å²) in [5.74, 6) is -2.33. The van der Waals surface area contributed by atoms with Crippen molar-refractivity contribution < 1.29 is 29.0 Å². The Morgan fingerprint density at radius 3 is 2.03 bits per heavy atom. The number of aldehydes is 1. The summed E-state index contributed by atoms with van der Waals surface area (Å²) in [6.07, 6.45) is 3.54. The zero-order chi connectivity index (χ0) is 26.0. The first kappa shape index (κ1) is 26.2. The van der Waals surface area contributed by atoms with E-state index in [1.807, 2.05) is 0 Å². The number of amides is 2. The van der Waals surface area contributed by atoms with Crippen LogP contribution >= 0.6 is 0 Å². The Bertz CT molecular complexity index is 1190. The molecular weight excluding hydrogens is 464 g/mol. The van der Waals surface area contributed by atoms with Crippen LogP contribution in [0.2, 0.25) is 0 Å². The van der Waals surface area contributed by atoms with Crippen LogP contribution in [0.15, 0.2) is 73.1 Å². The Labute approximate surface area is 207 Å². The maximum Gasteiger partial charge on any atom is 0.326 e. The Morgan fingerprint density at radius 1 is 0.944 bits per heavy atom. The second-order valence-corrected chi connectivity index (χ2v) is 7.89. The van der Waals surface area contributed by atoms with Crippen molar-refractivity contribution in [2.24, 2.45) is 0 Å². The SMILES string of the molecule is CCO[C@@](C=O)(Cc1ccc(C[C@@H](NC(=O)c2ccccn2)C(=O)O)cc1)NC(=O)c1ccccn1. The van der Waals surface area contributed by atoms with E-state index in [0.717, 1.165) is 0 Å². The predicted octanol–water partition coefficient (Wildman–Crippen LogP) is 1.81. The molecule has 0 aliphatic carbocycles. The van der Waals surface area contributed by atoms with Gasteiger partial charge in [0.25, 0.3) is 11.8 Å². The monoisotopic (exact) mass is 490 g/mol. The molecule has 0 spiro atoms. The first-order chi connectivity index (χ1) is 17.4. The van der Waals surface area contributed by atoms with Gasteiger partial charge >= 0.3 is 5.97 Å². The smallest absolute Gasteiger partial charge is 0.326 e. The number of ether oxygens (including phenoxy) is 1. The molecule has 0 fully saturated rings. The summed E-state index contributed by atoms with van der Waals surface area (Å²) in [4.78, 5) is 56.6. The number of pyridine rings is 2.